The number of aromatic nitrogens is 2. The third kappa shape index (κ3) is 4.46. The first-order valence-electron chi connectivity index (χ1n) is 10.1. The van der Waals surface area contributed by atoms with E-state index >= 15 is 0 Å². The molecule has 0 unspecified atom stereocenters. The SMILES string of the molecule is CCN(C(=O)CN1CC=C(c2cnn(-c3ccccc3)c2)CC1)c1ccccc1. The molecule has 4 rings (SSSR count). The van der Waals surface area contributed by atoms with Gasteiger partial charge in [-0.3, -0.25) is 9.69 Å². The van der Waals surface area contributed by atoms with Crippen molar-refractivity contribution in [2.75, 3.05) is 31.1 Å². The molecule has 0 N–H and O–H groups in total. The topological polar surface area (TPSA) is 41.4 Å². The molecule has 1 amide bonds. The molecule has 1 aromatic heterocycles. The van der Waals surface area contributed by atoms with E-state index in [0.717, 1.165) is 36.4 Å². The molecular weight excluding hydrogens is 360 g/mol. The number of para-hydroxylation sites is 2. The van der Waals surface area contributed by atoms with Crippen LogP contribution in [0.15, 0.2) is 79.1 Å². The lowest BCUT2D eigenvalue weighted by Gasteiger charge is -2.28. The Bertz CT molecular complexity index is 978. The van der Waals surface area contributed by atoms with E-state index in [0.29, 0.717) is 13.1 Å². The average Bonchev–Trinajstić information content (AvgIpc) is 3.26. The van der Waals surface area contributed by atoms with Gasteiger partial charge >= 0.3 is 0 Å². The first kappa shape index (κ1) is 19.2. The predicted molar refractivity (Wildman–Crippen MR) is 117 cm³/mol. The van der Waals surface area contributed by atoms with Gasteiger partial charge in [0.2, 0.25) is 5.91 Å². The molecule has 2 heterocycles. The number of carbonyl (C=O) groups excluding carboxylic acids is 1. The minimum atomic E-state index is 0.146. The minimum Gasteiger partial charge on any atom is -0.312 e. The molecule has 5 nitrogen and oxygen atoms in total. The first-order valence-corrected chi connectivity index (χ1v) is 10.1. The normalized spacial score (nSPS) is 14.4. The Morgan fingerprint density at radius 3 is 2.45 bits per heavy atom. The van der Waals surface area contributed by atoms with Crippen LogP contribution in [0.2, 0.25) is 0 Å². The van der Waals surface area contributed by atoms with Crippen molar-refractivity contribution in [3.05, 3.63) is 84.7 Å². The van der Waals surface area contributed by atoms with E-state index in [4.69, 9.17) is 0 Å². The van der Waals surface area contributed by atoms with Crippen LogP contribution in [0.4, 0.5) is 5.69 Å². The van der Waals surface area contributed by atoms with Crippen LogP contribution in [0, 0.1) is 0 Å². The Morgan fingerprint density at radius 2 is 1.79 bits per heavy atom. The second-order valence-electron chi connectivity index (χ2n) is 7.20. The van der Waals surface area contributed by atoms with Gasteiger partial charge in [0, 0.05) is 37.1 Å². The number of hydrogen-bond acceptors (Lipinski definition) is 3. The zero-order valence-corrected chi connectivity index (χ0v) is 16.7. The molecule has 148 valence electrons. The molecule has 0 aliphatic carbocycles. The molecule has 1 aliphatic rings. The van der Waals surface area contributed by atoms with E-state index in [2.05, 4.69) is 22.3 Å². The summed E-state index contributed by atoms with van der Waals surface area (Å²) in [5, 5.41) is 4.50. The Balaban J connectivity index is 1.38. The minimum absolute atomic E-state index is 0.146. The van der Waals surface area contributed by atoms with Crippen LogP contribution in [-0.2, 0) is 4.79 Å². The summed E-state index contributed by atoms with van der Waals surface area (Å²) in [7, 11) is 0. The quantitative estimate of drug-likeness (QED) is 0.643. The van der Waals surface area contributed by atoms with Crippen LogP contribution in [-0.4, -0.2) is 46.8 Å². The van der Waals surface area contributed by atoms with Gasteiger partial charge in [-0.1, -0.05) is 42.5 Å². The standard InChI is InChI=1S/C24H26N4O/c1-2-27(22-9-5-3-6-10-22)24(29)19-26-15-13-20(14-16-26)21-17-25-28(18-21)23-11-7-4-8-12-23/h3-13,17-18H,2,14-16,19H2,1H3. The molecule has 1 aliphatic heterocycles. The van der Waals surface area contributed by atoms with Gasteiger partial charge in [0.1, 0.15) is 0 Å². The smallest absolute Gasteiger partial charge is 0.241 e. The summed E-state index contributed by atoms with van der Waals surface area (Å²) in [6.45, 7) is 4.79. The third-order valence-electron chi connectivity index (χ3n) is 5.31. The van der Waals surface area contributed by atoms with Crippen molar-refractivity contribution < 1.29 is 4.79 Å². The van der Waals surface area contributed by atoms with Gasteiger partial charge < -0.3 is 4.90 Å². The third-order valence-corrected chi connectivity index (χ3v) is 5.31. The molecule has 0 bridgehead atoms. The lowest BCUT2D eigenvalue weighted by atomic mass is 10.0. The Hall–Kier alpha value is -3.18. The molecule has 0 spiro atoms. The predicted octanol–water partition coefficient (Wildman–Crippen LogP) is 4.01. The van der Waals surface area contributed by atoms with Crippen molar-refractivity contribution in [3.8, 4) is 5.69 Å². The maximum Gasteiger partial charge on any atom is 0.241 e. The second kappa shape index (κ2) is 8.88. The van der Waals surface area contributed by atoms with E-state index in [1.807, 2.05) is 83.4 Å². The molecule has 0 atom stereocenters. The highest BCUT2D eigenvalue weighted by Crippen LogP contribution is 2.23. The number of anilines is 1. The van der Waals surface area contributed by atoms with Crippen molar-refractivity contribution in [2.24, 2.45) is 0 Å². The molecular formula is C24H26N4O. The molecule has 5 heteroatoms. The molecule has 2 aromatic carbocycles. The molecule has 3 aromatic rings. The van der Waals surface area contributed by atoms with Crippen molar-refractivity contribution >= 4 is 17.2 Å². The number of rotatable bonds is 6. The molecule has 0 fully saturated rings. The zero-order valence-electron chi connectivity index (χ0n) is 16.7. The Morgan fingerprint density at radius 1 is 1.07 bits per heavy atom. The summed E-state index contributed by atoms with van der Waals surface area (Å²) in [6, 6.07) is 20.0. The van der Waals surface area contributed by atoms with Crippen molar-refractivity contribution in [2.45, 2.75) is 13.3 Å². The Kier molecular flexibility index (Phi) is 5.86. The summed E-state index contributed by atoms with van der Waals surface area (Å²) in [6.07, 6.45) is 7.15. The maximum absolute atomic E-state index is 12.8. The van der Waals surface area contributed by atoms with Gasteiger partial charge in [0.25, 0.3) is 0 Å². The first-order chi connectivity index (χ1) is 14.2. The van der Waals surface area contributed by atoms with Crippen LogP contribution < -0.4 is 4.90 Å². The molecule has 0 radical (unpaired) electrons. The Labute approximate surface area is 171 Å². The van der Waals surface area contributed by atoms with Crippen molar-refractivity contribution in [3.63, 3.8) is 0 Å². The number of nitrogens with zero attached hydrogens (tertiary/aromatic N) is 4. The van der Waals surface area contributed by atoms with E-state index in [9.17, 15) is 4.79 Å². The van der Waals surface area contributed by atoms with Crippen molar-refractivity contribution in [1.82, 2.24) is 14.7 Å². The van der Waals surface area contributed by atoms with Crippen LogP contribution in [0.5, 0.6) is 0 Å². The van der Waals surface area contributed by atoms with E-state index < -0.39 is 0 Å². The van der Waals surface area contributed by atoms with Crippen LogP contribution in [0.3, 0.4) is 0 Å². The summed E-state index contributed by atoms with van der Waals surface area (Å²) in [4.78, 5) is 16.9. The fourth-order valence-corrected chi connectivity index (χ4v) is 3.72. The van der Waals surface area contributed by atoms with Gasteiger partial charge in [-0.25, -0.2) is 4.68 Å². The number of likely N-dealkylation sites (N-methyl/N-ethyl adjacent to an activating group) is 1. The molecule has 0 saturated carbocycles. The van der Waals surface area contributed by atoms with Crippen LogP contribution >= 0.6 is 0 Å². The van der Waals surface area contributed by atoms with Crippen molar-refractivity contribution in [1.29, 1.82) is 0 Å². The van der Waals surface area contributed by atoms with Gasteiger partial charge in [-0.15, -0.1) is 0 Å². The van der Waals surface area contributed by atoms with Crippen LogP contribution in [0.25, 0.3) is 11.3 Å². The number of amides is 1. The van der Waals surface area contributed by atoms with E-state index in [1.165, 1.54) is 5.57 Å². The highest BCUT2D eigenvalue weighted by molar-refractivity contribution is 5.94. The summed E-state index contributed by atoms with van der Waals surface area (Å²) < 4.78 is 1.91. The fraction of sp³-hybridized carbons (Fsp3) is 0.250. The molecule has 0 saturated heterocycles. The highest BCUT2D eigenvalue weighted by atomic mass is 16.2. The van der Waals surface area contributed by atoms with Gasteiger partial charge in [-0.05, 0) is 43.2 Å². The van der Waals surface area contributed by atoms with Crippen LogP contribution in [0.1, 0.15) is 18.9 Å². The number of hydrogen-bond donors (Lipinski definition) is 0. The largest absolute Gasteiger partial charge is 0.312 e. The van der Waals surface area contributed by atoms with Gasteiger partial charge in [-0.2, -0.15) is 5.10 Å². The fourth-order valence-electron chi connectivity index (χ4n) is 3.72. The highest BCUT2D eigenvalue weighted by Gasteiger charge is 2.20. The maximum atomic E-state index is 12.8. The lowest BCUT2D eigenvalue weighted by Crippen LogP contribution is -2.41. The summed E-state index contributed by atoms with van der Waals surface area (Å²) in [5.41, 5.74) is 4.47. The summed E-state index contributed by atoms with van der Waals surface area (Å²) in [5.74, 6) is 0.146. The van der Waals surface area contributed by atoms with E-state index in [-0.39, 0.29) is 5.91 Å². The number of carbonyl (C=O) groups is 1. The zero-order chi connectivity index (χ0) is 20.1. The number of benzene rings is 2. The lowest BCUT2D eigenvalue weighted by molar-refractivity contribution is -0.119. The monoisotopic (exact) mass is 386 g/mol. The second-order valence-corrected chi connectivity index (χ2v) is 7.20. The average molecular weight is 386 g/mol. The summed E-state index contributed by atoms with van der Waals surface area (Å²) >= 11 is 0. The van der Waals surface area contributed by atoms with E-state index in [1.54, 1.807) is 0 Å². The van der Waals surface area contributed by atoms with Gasteiger partial charge in [0.05, 0.1) is 18.4 Å². The molecule has 29 heavy (non-hydrogen) atoms. The van der Waals surface area contributed by atoms with Gasteiger partial charge in [0.15, 0.2) is 0 Å².